The Labute approximate surface area is 159 Å². The van der Waals surface area contributed by atoms with Gasteiger partial charge in [-0.1, -0.05) is 49.4 Å². The van der Waals surface area contributed by atoms with Gasteiger partial charge in [-0.05, 0) is 36.6 Å². The zero-order valence-corrected chi connectivity index (χ0v) is 15.7. The molecule has 0 bridgehead atoms. The van der Waals surface area contributed by atoms with Crippen LogP contribution < -0.4 is 5.32 Å². The van der Waals surface area contributed by atoms with E-state index in [1.54, 1.807) is 0 Å². The van der Waals surface area contributed by atoms with E-state index >= 15 is 0 Å². The van der Waals surface area contributed by atoms with Crippen LogP contribution in [0.25, 0.3) is 16.7 Å². The molecule has 4 nitrogen and oxygen atoms in total. The quantitative estimate of drug-likeness (QED) is 0.544. The van der Waals surface area contributed by atoms with Crippen LogP contribution in [0, 0.1) is 18.3 Å². The summed E-state index contributed by atoms with van der Waals surface area (Å²) in [7, 11) is 0. The number of imidazole rings is 1. The van der Waals surface area contributed by atoms with Crippen molar-refractivity contribution in [1.29, 1.82) is 5.26 Å². The van der Waals surface area contributed by atoms with Gasteiger partial charge in [-0.3, -0.25) is 4.40 Å². The Hall–Kier alpha value is -3.32. The number of nitriles is 1. The lowest BCUT2D eigenvalue weighted by atomic mass is 9.98. The summed E-state index contributed by atoms with van der Waals surface area (Å²) in [4.78, 5) is 4.76. The lowest BCUT2D eigenvalue weighted by molar-refractivity contribution is 0.950. The second kappa shape index (κ2) is 7.13. The number of aromatic nitrogens is 2. The first-order valence-corrected chi connectivity index (χ1v) is 9.35. The van der Waals surface area contributed by atoms with Crippen LogP contribution in [0.2, 0.25) is 0 Å². The van der Waals surface area contributed by atoms with Crippen LogP contribution in [0.5, 0.6) is 0 Å². The Morgan fingerprint density at radius 2 is 1.81 bits per heavy atom. The van der Waals surface area contributed by atoms with Crippen LogP contribution in [0.1, 0.15) is 35.6 Å². The summed E-state index contributed by atoms with van der Waals surface area (Å²) in [5.74, 6) is 1.04. The van der Waals surface area contributed by atoms with Gasteiger partial charge >= 0.3 is 0 Å². The number of para-hydroxylation sites is 2. The van der Waals surface area contributed by atoms with Crippen molar-refractivity contribution < 1.29 is 0 Å². The van der Waals surface area contributed by atoms with Gasteiger partial charge in [-0.2, -0.15) is 5.26 Å². The van der Waals surface area contributed by atoms with Crippen molar-refractivity contribution in [3.8, 4) is 6.07 Å². The lowest BCUT2D eigenvalue weighted by Gasteiger charge is -2.19. The van der Waals surface area contributed by atoms with E-state index < -0.39 is 0 Å². The largest absolute Gasteiger partial charge is 0.371 e. The molecule has 0 fully saturated rings. The molecule has 4 aromatic rings. The van der Waals surface area contributed by atoms with Gasteiger partial charge in [0.2, 0.25) is 0 Å². The molecule has 1 N–H and O–H groups in total. The third-order valence-electron chi connectivity index (χ3n) is 5.00. The van der Waals surface area contributed by atoms with Gasteiger partial charge in [0.1, 0.15) is 11.9 Å². The predicted molar refractivity (Wildman–Crippen MR) is 110 cm³/mol. The topological polar surface area (TPSA) is 53.1 Å². The van der Waals surface area contributed by atoms with Gasteiger partial charge in [0.05, 0.1) is 16.6 Å². The average Bonchev–Trinajstić information content (AvgIpc) is 3.08. The molecule has 0 unspecified atom stereocenters. The van der Waals surface area contributed by atoms with Crippen molar-refractivity contribution in [3.05, 3.63) is 76.9 Å². The maximum atomic E-state index is 9.88. The van der Waals surface area contributed by atoms with Gasteiger partial charge in [-0.25, -0.2) is 4.98 Å². The number of pyridine rings is 1. The van der Waals surface area contributed by atoms with Crippen LogP contribution >= 0.6 is 0 Å². The molecular formula is C23H22N4. The first kappa shape index (κ1) is 17.1. The number of nitrogens with zero attached hydrogens (tertiary/aromatic N) is 3. The summed E-state index contributed by atoms with van der Waals surface area (Å²) < 4.78 is 2.12. The zero-order chi connectivity index (χ0) is 18.8. The van der Waals surface area contributed by atoms with E-state index in [1.807, 2.05) is 31.2 Å². The monoisotopic (exact) mass is 354 g/mol. The van der Waals surface area contributed by atoms with Crippen LogP contribution in [0.4, 0.5) is 5.82 Å². The first-order chi connectivity index (χ1) is 13.2. The Bertz CT molecular complexity index is 1150. The summed E-state index contributed by atoms with van der Waals surface area (Å²) in [5, 5.41) is 13.5. The van der Waals surface area contributed by atoms with Crippen molar-refractivity contribution in [1.82, 2.24) is 9.38 Å². The van der Waals surface area contributed by atoms with E-state index in [4.69, 9.17) is 4.98 Å². The molecular weight excluding hydrogens is 332 g/mol. The molecule has 0 saturated carbocycles. The molecule has 0 aliphatic carbocycles. The molecule has 2 aromatic heterocycles. The number of hydrogen-bond donors (Lipinski definition) is 1. The van der Waals surface area contributed by atoms with Crippen LogP contribution in [-0.2, 0) is 6.42 Å². The molecule has 0 amide bonds. The van der Waals surface area contributed by atoms with Crippen molar-refractivity contribution in [2.75, 3.05) is 11.9 Å². The summed E-state index contributed by atoms with van der Waals surface area (Å²) in [6.45, 7) is 5.06. The van der Waals surface area contributed by atoms with Gasteiger partial charge < -0.3 is 5.32 Å². The minimum absolute atomic E-state index is 0.652. The molecule has 27 heavy (non-hydrogen) atoms. The molecule has 2 heterocycles. The van der Waals surface area contributed by atoms with Gasteiger partial charge in [-0.15, -0.1) is 0 Å². The van der Waals surface area contributed by atoms with Gasteiger partial charge in [0, 0.05) is 18.5 Å². The number of hydrogen-bond acceptors (Lipinski definition) is 3. The van der Waals surface area contributed by atoms with Crippen LogP contribution in [0.3, 0.4) is 0 Å². The highest BCUT2D eigenvalue weighted by atomic mass is 15.1. The summed E-state index contributed by atoms with van der Waals surface area (Å²) in [5.41, 5.74) is 6.70. The molecule has 4 heteroatoms. The third kappa shape index (κ3) is 2.92. The molecule has 4 rings (SSSR count). The zero-order valence-electron chi connectivity index (χ0n) is 15.7. The molecule has 0 radical (unpaired) electrons. The predicted octanol–water partition coefficient (Wildman–Crippen LogP) is 5.08. The van der Waals surface area contributed by atoms with Crippen molar-refractivity contribution in [2.45, 2.75) is 26.7 Å². The smallest absolute Gasteiger partial charge is 0.157 e. The van der Waals surface area contributed by atoms with E-state index in [9.17, 15) is 5.26 Å². The first-order valence-electron chi connectivity index (χ1n) is 9.35. The number of nitrogens with one attached hydrogen (secondary N) is 1. The normalized spacial score (nSPS) is 11.0. The Morgan fingerprint density at radius 1 is 1.07 bits per heavy atom. The van der Waals surface area contributed by atoms with E-state index in [1.165, 1.54) is 5.56 Å². The minimum Gasteiger partial charge on any atom is -0.371 e. The molecule has 0 saturated heterocycles. The van der Waals surface area contributed by atoms with Crippen molar-refractivity contribution >= 4 is 22.5 Å². The third-order valence-corrected chi connectivity index (χ3v) is 5.00. The Kier molecular flexibility index (Phi) is 4.52. The Morgan fingerprint density at radius 3 is 2.56 bits per heavy atom. The Balaban J connectivity index is 2.06. The average molecular weight is 354 g/mol. The number of benzene rings is 2. The van der Waals surface area contributed by atoms with E-state index in [-0.39, 0.29) is 0 Å². The highest BCUT2D eigenvalue weighted by Gasteiger charge is 2.20. The van der Waals surface area contributed by atoms with Crippen LogP contribution in [-0.4, -0.2) is 15.9 Å². The maximum Gasteiger partial charge on any atom is 0.157 e. The SMILES string of the molecule is CCCNc1c(Cc2ccccc2)c(C)c(C#N)c2nc3ccccc3n12. The summed E-state index contributed by atoms with van der Waals surface area (Å²) >= 11 is 0. The number of fused-ring (bicyclic) bond motifs is 3. The van der Waals surface area contributed by atoms with E-state index in [0.29, 0.717) is 5.56 Å². The summed E-state index contributed by atoms with van der Waals surface area (Å²) in [6.07, 6.45) is 1.80. The fourth-order valence-corrected chi connectivity index (χ4v) is 3.63. The fourth-order valence-electron chi connectivity index (χ4n) is 3.63. The molecule has 0 aliphatic heterocycles. The fraction of sp³-hybridized carbons (Fsp3) is 0.217. The maximum absolute atomic E-state index is 9.88. The van der Waals surface area contributed by atoms with Crippen molar-refractivity contribution in [2.24, 2.45) is 0 Å². The lowest BCUT2D eigenvalue weighted by Crippen LogP contribution is -2.12. The second-order valence-electron chi connectivity index (χ2n) is 6.79. The van der Waals surface area contributed by atoms with Crippen molar-refractivity contribution in [3.63, 3.8) is 0 Å². The number of anilines is 1. The molecule has 2 aromatic carbocycles. The standard InChI is InChI=1S/C23H22N4/c1-3-13-25-22-18(14-17-9-5-4-6-10-17)16(2)19(15-24)23-26-20-11-7-8-12-21(20)27(22)23/h4-12,25H,3,13-14H2,1-2H3. The number of rotatable bonds is 5. The molecule has 0 atom stereocenters. The molecule has 0 aliphatic rings. The van der Waals surface area contributed by atoms with E-state index in [2.05, 4.69) is 53.0 Å². The molecule has 0 spiro atoms. The highest BCUT2D eigenvalue weighted by molar-refractivity contribution is 5.86. The van der Waals surface area contributed by atoms with Gasteiger partial charge in [0.25, 0.3) is 0 Å². The van der Waals surface area contributed by atoms with Gasteiger partial charge in [0.15, 0.2) is 5.65 Å². The highest BCUT2D eigenvalue weighted by Crippen LogP contribution is 2.32. The van der Waals surface area contributed by atoms with E-state index in [0.717, 1.165) is 53.0 Å². The summed E-state index contributed by atoms with van der Waals surface area (Å²) in [6, 6.07) is 20.9. The second-order valence-corrected chi connectivity index (χ2v) is 6.79. The van der Waals surface area contributed by atoms with Crippen LogP contribution in [0.15, 0.2) is 54.6 Å². The molecule has 134 valence electrons. The minimum atomic E-state index is 0.652.